The molecule has 28 heavy (non-hydrogen) atoms. The summed E-state index contributed by atoms with van der Waals surface area (Å²) in [5.74, 6) is 0.835. The van der Waals surface area contributed by atoms with Crippen LogP contribution in [0, 0.1) is 0 Å². The van der Waals surface area contributed by atoms with Crippen LogP contribution in [-0.2, 0) is 11.3 Å². The van der Waals surface area contributed by atoms with E-state index in [4.69, 9.17) is 0 Å². The van der Waals surface area contributed by atoms with E-state index in [2.05, 4.69) is 54.4 Å². The molecule has 8 nitrogen and oxygen atoms in total. The third-order valence-electron chi connectivity index (χ3n) is 4.98. The van der Waals surface area contributed by atoms with Crippen molar-refractivity contribution < 1.29 is 4.79 Å². The number of nitrogens with one attached hydrogen (secondary N) is 1. The molecular formula is C20H25N7O. The number of amides is 1. The number of aromatic nitrogens is 4. The first-order valence-electron chi connectivity index (χ1n) is 9.74. The smallest absolute Gasteiger partial charge is 0.241 e. The van der Waals surface area contributed by atoms with Gasteiger partial charge in [-0.3, -0.25) is 4.79 Å². The molecule has 0 aliphatic carbocycles. The van der Waals surface area contributed by atoms with Gasteiger partial charge in [-0.2, -0.15) is 5.10 Å². The number of benzene rings is 1. The van der Waals surface area contributed by atoms with E-state index < -0.39 is 0 Å². The topological polar surface area (TPSA) is 79.2 Å². The lowest BCUT2D eigenvalue weighted by molar-refractivity contribution is -0.121. The molecule has 8 heteroatoms. The summed E-state index contributed by atoms with van der Waals surface area (Å²) in [6.07, 6.45) is 4.23. The van der Waals surface area contributed by atoms with E-state index in [1.54, 1.807) is 17.2 Å². The van der Waals surface area contributed by atoms with Crippen molar-refractivity contribution in [2.75, 3.05) is 42.5 Å². The Hall–Kier alpha value is -3.16. The van der Waals surface area contributed by atoms with Crippen molar-refractivity contribution in [1.82, 2.24) is 25.1 Å². The second-order valence-electron chi connectivity index (χ2n) is 6.90. The Morgan fingerprint density at radius 3 is 2.57 bits per heavy atom. The second kappa shape index (κ2) is 8.24. The molecule has 4 rings (SSSR count). The maximum Gasteiger partial charge on any atom is 0.241 e. The van der Waals surface area contributed by atoms with E-state index in [9.17, 15) is 4.79 Å². The van der Waals surface area contributed by atoms with Gasteiger partial charge in [0.25, 0.3) is 0 Å². The lowest BCUT2D eigenvalue weighted by atomic mass is 10.2. The maximum atomic E-state index is 12.0. The van der Waals surface area contributed by atoms with E-state index >= 15 is 0 Å². The van der Waals surface area contributed by atoms with E-state index in [0.29, 0.717) is 12.2 Å². The van der Waals surface area contributed by atoms with Crippen molar-refractivity contribution in [1.29, 1.82) is 0 Å². The highest BCUT2D eigenvalue weighted by molar-refractivity contribution is 5.88. The molecule has 146 valence electrons. The van der Waals surface area contributed by atoms with Gasteiger partial charge in [-0.25, -0.2) is 14.6 Å². The molecule has 2 aromatic heterocycles. The van der Waals surface area contributed by atoms with Crippen LogP contribution in [0.4, 0.5) is 11.5 Å². The first-order chi connectivity index (χ1) is 13.8. The van der Waals surface area contributed by atoms with Crippen molar-refractivity contribution in [2.24, 2.45) is 0 Å². The number of fused-ring (bicyclic) bond motifs is 1. The SMILES string of the molecule is CCCNC(=O)Cn1ncc2c(N3CCN(c4ccccc4)CC3)ncnc21. The van der Waals surface area contributed by atoms with Crippen molar-refractivity contribution in [3.63, 3.8) is 0 Å². The largest absolute Gasteiger partial charge is 0.368 e. The standard InChI is InChI=1S/C20H25N7O/c1-2-8-21-18(28)14-27-20-17(13-24-27)19(22-15-23-20)26-11-9-25(10-12-26)16-6-4-3-5-7-16/h3-7,13,15H,2,8-12,14H2,1H3,(H,21,28). The summed E-state index contributed by atoms with van der Waals surface area (Å²) in [4.78, 5) is 25.6. The lowest BCUT2D eigenvalue weighted by Crippen LogP contribution is -2.46. The van der Waals surface area contributed by atoms with Crippen LogP contribution in [-0.4, -0.2) is 58.4 Å². The molecule has 0 spiro atoms. The lowest BCUT2D eigenvalue weighted by Gasteiger charge is -2.36. The van der Waals surface area contributed by atoms with Gasteiger partial charge < -0.3 is 15.1 Å². The number of rotatable bonds is 6. The third-order valence-corrected chi connectivity index (χ3v) is 4.98. The summed E-state index contributed by atoms with van der Waals surface area (Å²) in [7, 11) is 0. The summed E-state index contributed by atoms with van der Waals surface area (Å²) in [6, 6.07) is 10.5. The molecule has 1 N–H and O–H groups in total. The van der Waals surface area contributed by atoms with Crippen LogP contribution in [0.15, 0.2) is 42.9 Å². The Bertz CT molecular complexity index is 932. The summed E-state index contributed by atoms with van der Waals surface area (Å²) in [5.41, 5.74) is 1.95. The number of carbonyl (C=O) groups is 1. The van der Waals surface area contributed by atoms with Crippen molar-refractivity contribution in [3.05, 3.63) is 42.9 Å². The van der Waals surface area contributed by atoms with Crippen molar-refractivity contribution in [3.8, 4) is 0 Å². The molecule has 0 saturated carbocycles. The van der Waals surface area contributed by atoms with E-state index in [1.807, 2.05) is 13.0 Å². The van der Waals surface area contributed by atoms with Crippen LogP contribution in [0.5, 0.6) is 0 Å². The van der Waals surface area contributed by atoms with Gasteiger partial charge in [-0.05, 0) is 18.6 Å². The molecule has 3 heterocycles. The maximum absolute atomic E-state index is 12.0. The minimum Gasteiger partial charge on any atom is -0.368 e. The zero-order valence-corrected chi connectivity index (χ0v) is 16.1. The number of para-hydroxylation sites is 1. The number of piperazine rings is 1. The van der Waals surface area contributed by atoms with Gasteiger partial charge in [0.2, 0.25) is 5.91 Å². The van der Waals surface area contributed by atoms with Gasteiger partial charge in [0.15, 0.2) is 5.65 Å². The molecule has 0 unspecified atom stereocenters. The number of nitrogens with zero attached hydrogens (tertiary/aromatic N) is 6. The van der Waals surface area contributed by atoms with Gasteiger partial charge in [0, 0.05) is 38.4 Å². The molecule has 1 aromatic carbocycles. The molecular weight excluding hydrogens is 354 g/mol. The monoisotopic (exact) mass is 379 g/mol. The highest BCUT2D eigenvalue weighted by Gasteiger charge is 2.21. The van der Waals surface area contributed by atoms with Crippen LogP contribution in [0.2, 0.25) is 0 Å². The molecule has 0 atom stereocenters. The van der Waals surface area contributed by atoms with Gasteiger partial charge >= 0.3 is 0 Å². The zero-order chi connectivity index (χ0) is 19.3. The number of hydrogen-bond donors (Lipinski definition) is 1. The molecule has 1 fully saturated rings. The zero-order valence-electron chi connectivity index (χ0n) is 16.1. The van der Waals surface area contributed by atoms with Gasteiger partial charge in [-0.15, -0.1) is 0 Å². The van der Waals surface area contributed by atoms with Crippen molar-refractivity contribution in [2.45, 2.75) is 19.9 Å². The normalized spacial score (nSPS) is 14.5. The third kappa shape index (κ3) is 3.76. The van der Waals surface area contributed by atoms with E-state index in [0.717, 1.165) is 43.8 Å². The molecule has 3 aromatic rings. The molecule has 1 aliphatic rings. The minimum atomic E-state index is -0.0523. The van der Waals surface area contributed by atoms with Crippen LogP contribution in [0.3, 0.4) is 0 Å². The summed E-state index contributed by atoms with van der Waals surface area (Å²) in [6.45, 7) is 6.49. The predicted octanol–water partition coefficient (Wildman–Crippen LogP) is 1.68. The fraction of sp³-hybridized carbons (Fsp3) is 0.400. The average Bonchev–Trinajstić information content (AvgIpc) is 3.16. The summed E-state index contributed by atoms with van der Waals surface area (Å²) in [5, 5.41) is 8.14. The van der Waals surface area contributed by atoms with Gasteiger partial charge in [0.1, 0.15) is 18.7 Å². The quantitative estimate of drug-likeness (QED) is 0.702. The fourth-order valence-corrected chi connectivity index (χ4v) is 3.52. The Balaban J connectivity index is 1.48. The predicted molar refractivity (Wildman–Crippen MR) is 109 cm³/mol. The molecule has 0 bridgehead atoms. The minimum absolute atomic E-state index is 0.0523. The molecule has 0 radical (unpaired) electrons. The second-order valence-corrected chi connectivity index (χ2v) is 6.90. The highest BCUT2D eigenvalue weighted by atomic mass is 16.2. The Kier molecular flexibility index (Phi) is 5.36. The van der Waals surface area contributed by atoms with Crippen LogP contribution in [0.25, 0.3) is 11.0 Å². The summed E-state index contributed by atoms with van der Waals surface area (Å²) >= 11 is 0. The molecule has 1 amide bonds. The number of anilines is 2. The highest BCUT2D eigenvalue weighted by Crippen LogP contribution is 2.25. The van der Waals surface area contributed by atoms with Crippen molar-refractivity contribution >= 4 is 28.4 Å². The Morgan fingerprint density at radius 1 is 1.07 bits per heavy atom. The summed E-state index contributed by atoms with van der Waals surface area (Å²) < 4.78 is 1.64. The van der Waals surface area contributed by atoms with Crippen LogP contribution < -0.4 is 15.1 Å². The van der Waals surface area contributed by atoms with E-state index in [1.165, 1.54) is 5.69 Å². The molecule has 1 aliphatic heterocycles. The Labute approximate surface area is 164 Å². The number of carbonyl (C=O) groups excluding carboxylic acids is 1. The van der Waals surface area contributed by atoms with E-state index in [-0.39, 0.29) is 12.5 Å². The average molecular weight is 379 g/mol. The van der Waals surface area contributed by atoms with Crippen LogP contribution >= 0.6 is 0 Å². The first kappa shape index (κ1) is 18.2. The van der Waals surface area contributed by atoms with Crippen LogP contribution in [0.1, 0.15) is 13.3 Å². The molecule has 1 saturated heterocycles. The number of hydrogen-bond acceptors (Lipinski definition) is 6. The first-order valence-corrected chi connectivity index (χ1v) is 9.74. The Morgan fingerprint density at radius 2 is 1.82 bits per heavy atom. The van der Waals surface area contributed by atoms with Gasteiger partial charge in [0.05, 0.1) is 11.6 Å². The van der Waals surface area contributed by atoms with Gasteiger partial charge in [-0.1, -0.05) is 25.1 Å². The fourth-order valence-electron chi connectivity index (χ4n) is 3.52.